The first-order valence-corrected chi connectivity index (χ1v) is 10.4. The lowest BCUT2D eigenvalue weighted by Crippen LogP contribution is -2.46. The summed E-state index contributed by atoms with van der Waals surface area (Å²) in [6, 6.07) is 11.7. The number of esters is 1. The van der Waals surface area contributed by atoms with Gasteiger partial charge in [-0.25, -0.2) is 9.59 Å². The quantitative estimate of drug-likeness (QED) is 0.477. The van der Waals surface area contributed by atoms with E-state index in [2.05, 4.69) is 10.6 Å². The van der Waals surface area contributed by atoms with Crippen LogP contribution in [0.4, 0.5) is 4.79 Å². The van der Waals surface area contributed by atoms with E-state index in [1.165, 1.54) is 33.1 Å². The van der Waals surface area contributed by atoms with Gasteiger partial charge in [0.1, 0.15) is 5.75 Å². The molecule has 0 aliphatic carbocycles. The minimum atomic E-state index is -0.701. The molecule has 8 nitrogen and oxygen atoms in total. The standard InChI is InChI=1S/C22H24N2O6S/c1-27-14-6-8-15(9-7-14)31-12-16-19(21(25)30-4)20(24-22(26)23-16)13-5-10-17(28-2)18(11-13)29-3/h5-11,20H,12H2,1-4H3,(H2,23,24,26)/t20-/m1/s1. The second kappa shape index (κ2) is 10.1. The van der Waals surface area contributed by atoms with Gasteiger partial charge in [-0.15, -0.1) is 11.8 Å². The van der Waals surface area contributed by atoms with Crippen LogP contribution in [-0.4, -0.2) is 46.2 Å². The average Bonchev–Trinajstić information content (AvgIpc) is 2.81. The molecule has 0 radical (unpaired) electrons. The average molecular weight is 445 g/mol. The van der Waals surface area contributed by atoms with Crippen molar-refractivity contribution in [3.63, 3.8) is 0 Å². The van der Waals surface area contributed by atoms with Crippen molar-refractivity contribution >= 4 is 23.8 Å². The molecule has 164 valence electrons. The number of hydrogen-bond acceptors (Lipinski definition) is 7. The normalized spacial score (nSPS) is 15.6. The molecule has 0 aromatic heterocycles. The number of nitrogens with one attached hydrogen (secondary N) is 2. The summed E-state index contributed by atoms with van der Waals surface area (Å²) in [6.07, 6.45) is 0. The summed E-state index contributed by atoms with van der Waals surface area (Å²) >= 11 is 1.48. The van der Waals surface area contributed by atoms with Crippen molar-refractivity contribution in [1.82, 2.24) is 10.6 Å². The van der Waals surface area contributed by atoms with Crippen LogP contribution in [-0.2, 0) is 9.53 Å². The number of methoxy groups -OCH3 is 4. The number of benzene rings is 2. The zero-order chi connectivity index (χ0) is 22.4. The topological polar surface area (TPSA) is 95.1 Å². The fourth-order valence-corrected chi connectivity index (χ4v) is 4.06. The number of rotatable bonds is 8. The lowest BCUT2D eigenvalue weighted by atomic mass is 9.95. The molecule has 1 aliphatic heterocycles. The van der Waals surface area contributed by atoms with Crippen LogP contribution in [0.1, 0.15) is 11.6 Å². The van der Waals surface area contributed by atoms with E-state index >= 15 is 0 Å². The van der Waals surface area contributed by atoms with Gasteiger partial charge in [-0.1, -0.05) is 6.07 Å². The molecule has 0 saturated heterocycles. The van der Waals surface area contributed by atoms with Crippen LogP contribution in [0.15, 0.2) is 58.6 Å². The summed E-state index contributed by atoms with van der Waals surface area (Å²) in [5, 5.41) is 5.55. The minimum Gasteiger partial charge on any atom is -0.497 e. The Morgan fingerprint density at radius 1 is 0.968 bits per heavy atom. The lowest BCUT2D eigenvalue weighted by molar-refractivity contribution is -0.136. The van der Waals surface area contributed by atoms with Gasteiger partial charge in [0.15, 0.2) is 11.5 Å². The van der Waals surface area contributed by atoms with Crippen LogP contribution < -0.4 is 24.8 Å². The molecule has 0 saturated carbocycles. The Morgan fingerprint density at radius 2 is 1.68 bits per heavy atom. The van der Waals surface area contributed by atoms with E-state index < -0.39 is 18.0 Å². The van der Waals surface area contributed by atoms with Crippen molar-refractivity contribution < 1.29 is 28.5 Å². The van der Waals surface area contributed by atoms with Crippen molar-refractivity contribution in [1.29, 1.82) is 0 Å². The Kier molecular flexibility index (Phi) is 7.30. The maximum atomic E-state index is 12.7. The molecule has 0 spiro atoms. The van der Waals surface area contributed by atoms with Gasteiger partial charge >= 0.3 is 12.0 Å². The van der Waals surface area contributed by atoms with E-state index in [0.717, 1.165) is 10.6 Å². The van der Waals surface area contributed by atoms with E-state index in [-0.39, 0.29) is 0 Å². The third kappa shape index (κ3) is 5.05. The number of carbonyl (C=O) groups excluding carboxylic acids is 2. The SMILES string of the molecule is COC(=O)C1=C(CSc2ccc(OC)cc2)NC(=O)N[C@@H]1c1ccc(OC)c(OC)c1. The molecule has 1 aliphatic rings. The number of urea groups is 1. The largest absolute Gasteiger partial charge is 0.497 e. The molecule has 3 rings (SSSR count). The van der Waals surface area contributed by atoms with Crippen LogP contribution in [0.25, 0.3) is 0 Å². The predicted molar refractivity (Wildman–Crippen MR) is 117 cm³/mol. The van der Waals surface area contributed by atoms with E-state index in [9.17, 15) is 9.59 Å². The highest BCUT2D eigenvalue weighted by Crippen LogP contribution is 2.35. The summed E-state index contributed by atoms with van der Waals surface area (Å²) in [6.45, 7) is 0. The maximum absolute atomic E-state index is 12.7. The molecule has 31 heavy (non-hydrogen) atoms. The maximum Gasteiger partial charge on any atom is 0.338 e. The second-order valence-corrected chi connectivity index (χ2v) is 7.54. The Morgan fingerprint density at radius 3 is 2.29 bits per heavy atom. The number of thioether (sulfide) groups is 1. The van der Waals surface area contributed by atoms with Crippen LogP contribution in [0.5, 0.6) is 17.2 Å². The van der Waals surface area contributed by atoms with Gasteiger partial charge in [0.2, 0.25) is 0 Å². The Balaban J connectivity index is 1.96. The van der Waals surface area contributed by atoms with Crippen molar-refractivity contribution in [3.8, 4) is 17.2 Å². The third-order valence-corrected chi connectivity index (χ3v) is 5.78. The van der Waals surface area contributed by atoms with Crippen LogP contribution >= 0.6 is 11.8 Å². The number of ether oxygens (including phenoxy) is 4. The minimum absolute atomic E-state index is 0.329. The van der Waals surface area contributed by atoms with Gasteiger partial charge in [-0.05, 0) is 42.0 Å². The van der Waals surface area contributed by atoms with Crippen molar-refractivity contribution in [3.05, 3.63) is 59.3 Å². The molecule has 2 aromatic carbocycles. The van der Waals surface area contributed by atoms with E-state index in [1.54, 1.807) is 25.3 Å². The summed E-state index contributed by atoms with van der Waals surface area (Å²) in [4.78, 5) is 26.0. The second-order valence-electron chi connectivity index (χ2n) is 6.49. The number of hydrogen-bond donors (Lipinski definition) is 2. The van der Waals surface area contributed by atoms with Gasteiger partial charge in [-0.2, -0.15) is 0 Å². The Labute approximate surface area is 184 Å². The summed E-state index contributed by atoms with van der Waals surface area (Å²) in [5.41, 5.74) is 1.48. The van der Waals surface area contributed by atoms with Crippen molar-refractivity contribution in [2.45, 2.75) is 10.9 Å². The van der Waals surface area contributed by atoms with Crippen molar-refractivity contribution in [2.24, 2.45) is 0 Å². The third-order valence-electron chi connectivity index (χ3n) is 4.74. The van der Waals surface area contributed by atoms with Crippen LogP contribution in [0.3, 0.4) is 0 Å². The van der Waals surface area contributed by atoms with Crippen LogP contribution in [0.2, 0.25) is 0 Å². The first-order valence-electron chi connectivity index (χ1n) is 9.38. The highest BCUT2D eigenvalue weighted by molar-refractivity contribution is 7.99. The lowest BCUT2D eigenvalue weighted by Gasteiger charge is -2.29. The number of amides is 2. The first-order chi connectivity index (χ1) is 15.0. The van der Waals surface area contributed by atoms with Gasteiger partial charge < -0.3 is 29.6 Å². The fraction of sp³-hybridized carbons (Fsp3) is 0.273. The highest BCUT2D eigenvalue weighted by Gasteiger charge is 2.34. The number of carbonyl (C=O) groups is 2. The molecule has 2 N–H and O–H groups in total. The van der Waals surface area contributed by atoms with Gasteiger partial charge in [0.05, 0.1) is 40.1 Å². The predicted octanol–water partition coefficient (Wildman–Crippen LogP) is 3.29. The molecule has 1 atom stereocenters. The molecule has 0 fully saturated rings. The van der Waals surface area contributed by atoms with Gasteiger partial charge in [0, 0.05) is 16.3 Å². The fourth-order valence-electron chi connectivity index (χ4n) is 3.19. The summed E-state index contributed by atoms with van der Waals surface area (Å²) < 4.78 is 20.8. The molecule has 0 unspecified atom stereocenters. The summed E-state index contributed by atoms with van der Waals surface area (Å²) in [5.74, 6) is 1.63. The smallest absolute Gasteiger partial charge is 0.338 e. The Bertz CT molecular complexity index is 990. The monoisotopic (exact) mass is 444 g/mol. The Hall–Kier alpha value is -3.33. The molecule has 2 amide bonds. The van der Waals surface area contributed by atoms with E-state index in [1.807, 2.05) is 24.3 Å². The molecule has 9 heteroatoms. The van der Waals surface area contributed by atoms with Gasteiger partial charge in [0.25, 0.3) is 0 Å². The van der Waals surface area contributed by atoms with Crippen molar-refractivity contribution in [2.75, 3.05) is 34.2 Å². The molecular formula is C22H24N2O6S. The molecule has 1 heterocycles. The van der Waals surface area contributed by atoms with Crippen LogP contribution in [0, 0.1) is 0 Å². The molecular weight excluding hydrogens is 420 g/mol. The zero-order valence-corrected chi connectivity index (χ0v) is 18.5. The van der Waals surface area contributed by atoms with Gasteiger partial charge in [-0.3, -0.25) is 0 Å². The highest BCUT2D eigenvalue weighted by atomic mass is 32.2. The van der Waals surface area contributed by atoms with E-state index in [4.69, 9.17) is 18.9 Å². The molecule has 0 bridgehead atoms. The van der Waals surface area contributed by atoms with E-state index in [0.29, 0.717) is 34.1 Å². The summed E-state index contributed by atoms with van der Waals surface area (Å²) in [7, 11) is 5.98. The first kappa shape index (κ1) is 22.4. The molecule has 2 aromatic rings. The zero-order valence-electron chi connectivity index (χ0n) is 17.7.